The second-order valence-electron chi connectivity index (χ2n) is 7.64. The molecule has 1 aliphatic rings. The van der Waals surface area contributed by atoms with Crippen molar-refractivity contribution in [2.45, 2.75) is 37.0 Å². The average Bonchev–Trinajstić information content (AvgIpc) is 2.91. The van der Waals surface area contributed by atoms with Gasteiger partial charge in [0.2, 0.25) is 5.91 Å². The third-order valence-electron chi connectivity index (χ3n) is 5.41. The maximum absolute atomic E-state index is 13.3. The summed E-state index contributed by atoms with van der Waals surface area (Å²) >= 11 is 1.49. The fourth-order valence-electron chi connectivity index (χ4n) is 3.68. The number of ether oxygens (including phenoxy) is 1. The Bertz CT molecular complexity index is 1120. The zero-order valence-electron chi connectivity index (χ0n) is 20.2. The third-order valence-corrected chi connectivity index (χ3v) is 6.64. The van der Waals surface area contributed by atoms with Gasteiger partial charge < -0.3 is 15.0 Å². The number of rotatable bonds is 8. The summed E-state index contributed by atoms with van der Waals surface area (Å²) in [6.07, 6.45) is 0.506. The number of thioether (sulfide) groups is 1. The maximum Gasteiger partial charge on any atom is 0.263 e. The minimum absolute atomic E-state index is 0.170. The van der Waals surface area contributed by atoms with Crippen LogP contribution in [0.25, 0.3) is 0 Å². The van der Waals surface area contributed by atoms with E-state index in [-0.39, 0.29) is 12.5 Å². The van der Waals surface area contributed by atoms with Gasteiger partial charge >= 0.3 is 0 Å². The lowest BCUT2D eigenvalue weighted by molar-refractivity contribution is -0.129. The predicted molar refractivity (Wildman–Crippen MR) is 140 cm³/mol. The van der Waals surface area contributed by atoms with Gasteiger partial charge in [-0.2, -0.15) is 0 Å². The number of nitrogens with zero attached hydrogens (tertiary/aromatic N) is 1. The van der Waals surface area contributed by atoms with Gasteiger partial charge in [0, 0.05) is 17.1 Å². The predicted octanol–water partition coefficient (Wildman–Crippen LogP) is 4.89. The van der Waals surface area contributed by atoms with E-state index >= 15 is 0 Å². The second-order valence-corrected chi connectivity index (χ2v) is 8.88. The molecule has 1 aliphatic heterocycles. The molecule has 4 rings (SSSR count). The number of carbonyl (C=O) groups excluding carboxylic acids is 2. The highest BCUT2D eigenvalue weighted by atomic mass is 32.2. The summed E-state index contributed by atoms with van der Waals surface area (Å²) in [5.41, 5.74) is 5.37. The van der Waals surface area contributed by atoms with Gasteiger partial charge in [0.05, 0.1) is 18.0 Å². The number of hydrogen-bond donors (Lipinski definition) is 3. The van der Waals surface area contributed by atoms with Gasteiger partial charge in [-0.25, -0.2) is 5.48 Å². The summed E-state index contributed by atoms with van der Waals surface area (Å²) in [5, 5.41) is 12.0. The van der Waals surface area contributed by atoms with Crippen LogP contribution in [0.2, 0.25) is 0 Å². The largest absolute Gasteiger partial charge is 0.497 e. The minimum Gasteiger partial charge on any atom is -0.497 e. The van der Waals surface area contributed by atoms with Crippen LogP contribution < -0.4 is 20.4 Å². The summed E-state index contributed by atoms with van der Waals surface area (Å²) in [5.74, 6) is -0.0605. The highest BCUT2D eigenvalue weighted by molar-refractivity contribution is 8.01. The molecule has 0 saturated carbocycles. The first-order valence-corrected chi connectivity index (χ1v) is 12.4. The van der Waals surface area contributed by atoms with Gasteiger partial charge in [0.1, 0.15) is 12.3 Å². The molecule has 3 N–H and O–H groups in total. The second kappa shape index (κ2) is 12.8. The number of hydroxylamine groups is 1. The van der Waals surface area contributed by atoms with Gasteiger partial charge in [0.15, 0.2) is 0 Å². The number of fused-ring (bicyclic) bond motifs is 1. The molecule has 3 aromatic rings. The Kier molecular flexibility index (Phi) is 9.57. The Balaban J connectivity index is 0.00000167. The van der Waals surface area contributed by atoms with E-state index in [2.05, 4.69) is 17.4 Å². The smallest absolute Gasteiger partial charge is 0.263 e. The minimum atomic E-state index is -0.643. The molecular weight excluding hydrogens is 462 g/mol. The van der Waals surface area contributed by atoms with E-state index in [1.807, 2.05) is 74.5 Å². The molecule has 1 atom stereocenters. The number of amides is 2. The zero-order valence-corrected chi connectivity index (χ0v) is 21.0. The van der Waals surface area contributed by atoms with Crippen molar-refractivity contribution in [2.24, 2.45) is 0 Å². The lowest BCUT2D eigenvalue weighted by Gasteiger charge is -2.33. The Morgan fingerprint density at radius 2 is 1.74 bits per heavy atom. The topological polar surface area (TPSA) is 90.9 Å². The van der Waals surface area contributed by atoms with Crippen molar-refractivity contribution in [1.29, 1.82) is 0 Å². The molecule has 1 heterocycles. The van der Waals surface area contributed by atoms with Gasteiger partial charge in [-0.05, 0) is 47.9 Å². The highest BCUT2D eigenvalue weighted by Crippen LogP contribution is 2.42. The van der Waals surface area contributed by atoms with E-state index in [0.29, 0.717) is 18.7 Å². The van der Waals surface area contributed by atoms with E-state index in [9.17, 15) is 9.59 Å². The Hall–Kier alpha value is -3.49. The zero-order chi connectivity index (χ0) is 25.2. The maximum atomic E-state index is 13.3. The first-order chi connectivity index (χ1) is 17.1. The van der Waals surface area contributed by atoms with Crippen LogP contribution in [0.4, 0.5) is 11.4 Å². The number of carbonyl (C=O) groups is 2. The summed E-state index contributed by atoms with van der Waals surface area (Å²) in [6.45, 7) is 4.42. The standard InChI is InChI=1S/C25H25N3O4S.C2H6/c1-32-20-10-7-17(8-11-20)13-23-25(30)28(16-24(29)27-31)21-12-9-19(14-22(21)33-23)26-15-18-5-3-2-4-6-18;1-2/h2-12,14,23,26,31H,13,15-16H2,1H3,(H,27,29);1-2H3. The van der Waals surface area contributed by atoms with Crippen LogP contribution in [-0.4, -0.2) is 35.9 Å². The lowest BCUT2D eigenvalue weighted by atomic mass is 10.1. The molecule has 0 bridgehead atoms. The number of benzene rings is 3. The van der Waals surface area contributed by atoms with E-state index < -0.39 is 11.2 Å². The Morgan fingerprint density at radius 3 is 2.40 bits per heavy atom. The normalized spacial score (nSPS) is 14.3. The van der Waals surface area contributed by atoms with Crippen molar-refractivity contribution in [2.75, 3.05) is 23.9 Å². The Labute approximate surface area is 210 Å². The summed E-state index contributed by atoms with van der Waals surface area (Å²) in [6, 6.07) is 23.4. The van der Waals surface area contributed by atoms with Gasteiger partial charge in [-0.3, -0.25) is 14.8 Å². The van der Waals surface area contributed by atoms with Crippen LogP contribution in [0.3, 0.4) is 0 Å². The van der Waals surface area contributed by atoms with Gasteiger partial charge in [-0.1, -0.05) is 56.3 Å². The quantitative estimate of drug-likeness (QED) is 0.306. The third kappa shape index (κ3) is 6.77. The lowest BCUT2D eigenvalue weighted by Crippen LogP contribution is -2.46. The monoisotopic (exact) mass is 493 g/mol. The molecule has 2 amide bonds. The van der Waals surface area contributed by atoms with Gasteiger partial charge in [-0.15, -0.1) is 11.8 Å². The molecule has 1 unspecified atom stereocenters. The fraction of sp³-hybridized carbons (Fsp3) is 0.259. The summed E-state index contributed by atoms with van der Waals surface area (Å²) in [7, 11) is 1.61. The van der Waals surface area contributed by atoms with Crippen LogP contribution in [0.5, 0.6) is 5.75 Å². The molecule has 0 radical (unpaired) electrons. The first-order valence-electron chi connectivity index (χ1n) is 11.5. The van der Waals surface area contributed by atoms with Crippen LogP contribution in [0.1, 0.15) is 25.0 Å². The highest BCUT2D eigenvalue weighted by Gasteiger charge is 2.34. The number of hydrogen-bond acceptors (Lipinski definition) is 6. The van der Waals surface area contributed by atoms with E-state index in [0.717, 1.165) is 27.5 Å². The molecule has 0 spiro atoms. The molecule has 0 fully saturated rings. The molecule has 3 aromatic carbocycles. The van der Waals surface area contributed by atoms with Gasteiger partial charge in [0.25, 0.3) is 5.91 Å². The van der Waals surface area contributed by atoms with E-state index in [4.69, 9.17) is 9.94 Å². The molecule has 0 aromatic heterocycles. The SMILES string of the molecule is CC.COc1ccc(CC2Sc3cc(NCc4ccccc4)ccc3N(CC(=O)NO)C2=O)cc1. The molecule has 7 nitrogen and oxygen atoms in total. The fourth-order valence-corrected chi connectivity index (χ4v) is 4.99. The van der Waals surface area contributed by atoms with Crippen molar-refractivity contribution >= 4 is 35.0 Å². The van der Waals surface area contributed by atoms with Crippen molar-refractivity contribution < 1.29 is 19.5 Å². The van der Waals surface area contributed by atoms with Crippen LogP contribution >= 0.6 is 11.8 Å². The van der Waals surface area contributed by atoms with Crippen molar-refractivity contribution in [3.8, 4) is 5.75 Å². The molecule has 8 heteroatoms. The summed E-state index contributed by atoms with van der Waals surface area (Å²) < 4.78 is 5.21. The molecule has 0 aliphatic carbocycles. The molecule has 0 saturated heterocycles. The molecule has 35 heavy (non-hydrogen) atoms. The number of anilines is 2. The first kappa shape index (κ1) is 26.1. The average molecular weight is 494 g/mol. The van der Waals surface area contributed by atoms with Crippen LogP contribution in [0.15, 0.2) is 77.7 Å². The van der Waals surface area contributed by atoms with E-state index in [1.165, 1.54) is 16.7 Å². The molecular formula is C27H31N3O4S. The van der Waals surface area contributed by atoms with Crippen molar-refractivity contribution in [1.82, 2.24) is 5.48 Å². The number of nitrogens with one attached hydrogen (secondary N) is 2. The van der Waals surface area contributed by atoms with E-state index in [1.54, 1.807) is 12.6 Å². The van der Waals surface area contributed by atoms with Crippen molar-refractivity contribution in [3.63, 3.8) is 0 Å². The van der Waals surface area contributed by atoms with Crippen LogP contribution in [-0.2, 0) is 22.6 Å². The van der Waals surface area contributed by atoms with Crippen molar-refractivity contribution in [3.05, 3.63) is 83.9 Å². The molecule has 184 valence electrons. The Morgan fingerprint density at radius 1 is 1.03 bits per heavy atom. The summed E-state index contributed by atoms with van der Waals surface area (Å²) in [4.78, 5) is 27.5. The number of methoxy groups -OCH3 is 1. The van der Waals surface area contributed by atoms with Crippen LogP contribution in [0, 0.1) is 0 Å².